The van der Waals surface area contributed by atoms with Crippen molar-refractivity contribution in [1.29, 1.82) is 0 Å². The maximum atomic E-state index is 4.71. The van der Waals surface area contributed by atoms with Crippen molar-refractivity contribution in [2.45, 2.75) is 65.8 Å². The van der Waals surface area contributed by atoms with Gasteiger partial charge in [0.1, 0.15) is 0 Å². The van der Waals surface area contributed by atoms with Crippen molar-refractivity contribution < 1.29 is 0 Å². The zero-order valence-corrected chi connectivity index (χ0v) is 12.9. The molecular weight excluding hydrogens is 240 g/mol. The summed E-state index contributed by atoms with van der Waals surface area (Å²) >= 11 is 4.65. The van der Waals surface area contributed by atoms with Crippen molar-refractivity contribution in [3.05, 3.63) is 17.0 Å². The summed E-state index contributed by atoms with van der Waals surface area (Å²) in [7, 11) is 0. The van der Waals surface area contributed by atoms with Crippen LogP contribution < -0.4 is 0 Å². The van der Waals surface area contributed by atoms with E-state index in [1.54, 1.807) is 0 Å². The minimum absolute atomic E-state index is 0.370. The van der Waals surface area contributed by atoms with Gasteiger partial charge < -0.3 is 0 Å². The molecule has 0 spiro atoms. The molecule has 1 aliphatic rings. The molecule has 0 saturated heterocycles. The summed E-state index contributed by atoms with van der Waals surface area (Å²) in [6.45, 7) is 7.53. The standard InChI is InChI=1S/C15H26N2S/c1-12-13(2)16-17(14(12)3)10-15(11-18)8-6-4-5-7-9-15/h18H,4-11H2,1-3H3. The molecule has 0 radical (unpaired) electrons. The molecule has 2 nitrogen and oxygen atoms in total. The largest absolute Gasteiger partial charge is 0.269 e. The number of aromatic nitrogens is 2. The van der Waals surface area contributed by atoms with Crippen molar-refractivity contribution in [2.24, 2.45) is 5.41 Å². The van der Waals surface area contributed by atoms with Crippen LogP contribution in [-0.4, -0.2) is 15.5 Å². The number of thiol groups is 1. The summed E-state index contributed by atoms with van der Waals surface area (Å²) in [6.07, 6.45) is 8.14. The fourth-order valence-electron chi connectivity index (χ4n) is 3.10. The Labute approximate surface area is 117 Å². The van der Waals surface area contributed by atoms with E-state index in [4.69, 9.17) is 5.10 Å². The van der Waals surface area contributed by atoms with Crippen LogP contribution in [0, 0.1) is 26.2 Å². The van der Waals surface area contributed by atoms with Gasteiger partial charge in [0.2, 0.25) is 0 Å². The lowest BCUT2D eigenvalue weighted by Gasteiger charge is -2.31. The molecule has 0 aliphatic heterocycles. The Kier molecular flexibility index (Phi) is 4.41. The van der Waals surface area contributed by atoms with Gasteiger partial charge in [-0.3, -0.25) is 4.68 Å². The number of hydrogen-bond acceptors (Lipinski definition) is 2. The van der Waals surface area contributed by atoms with Crippen LogP contribution >= 0.6 is 12.6 Å². The highest BCUT2D eigenvalue weighted by Gasteiger charge is 2.31. The molecule has 3 heteroatoms. The Morgan fingerprint density at radius 3 is 2.17 bits per heavy atom. The lowest BCUT2D eigenvalue weighted by Crippen LogP contribution is -2.29. The first-order chi connectivity index (χ1) is 8.58. The van der Waals surface area contributed by atoms with Crippen LogP contribution in [0.4, 0.5) is 0 Å². The van der Waals surface area contributed by atoms with Crippen LogP contribution in [0.1, 0.15) is 55.5 Å². The van der Waals surface area contributed by atoms with Gasteiger partial charge in [-0.05, 0) is 50.3 Å². The van der Waals surface area contributed by atoms with Crippen molar-refractivity contribution in [3.8, 4) is 0 Å². The van der Waals surface area contributed by atoms with Crippen molar-refractivity contribution in [1.82, 2.24) is 9.78 Å². The molecule has 1 aromatic heterocycles. The van der Waals surface area contributed by atoms with Crippen molar-refractivity contribution in [2.75, 3.05) is 5.75 Å². The van der Waals surface area contributed by atoms with Crippen LogP contribution in [-0.2, 0) is 6.54 Å². The number of rotatable bonds is 3. The van der Waals surface area contributed by atoms with Crippen LogP contribution in [0.15, 0.2) is 0 Å². The second-order valence-electron chi connectivity index (χ2n) is 6.03. The summed E-state index contributed by atoms with van der Waals surface area (Å²) in [6, 6.07) is 0. The average Bonchev–Trinajstić information content (AvgIpc) is 2.59. The molecule has 18 heavy (non-hydrogen) atoms. The first-order valence-corrected chi connectivity index (χ1v) is 7.83. The van der Waals surface area contributed by atoms with E-state index >= 15 is 0 Å². The monoisotopic (exact) mass is 266 g/mol. The van der Waals surface area contributed by atoms with Crippen LogP contribution in [0.25, 0.3) is 0 Å². The van der Waals surface area contributed by atoms with E-state index < -0.39 is 0 Å². The summed E-state index contributed by atoms with van der Waals surface area (Å²) in [5.74, 6) is 0.990. The number of hydrogen-bond donors (Lipinski definition) is 1. The van der Waals surface area contributed by atoms with Gasteiger partial charge in [0.05, 0.1) is 5.69 Å². The SMILES string of the molecule is Cc1nn(CC2(CS)CCCCCC2)c(C)c1C. The Morgan fingerprint density at radius 1 is 1.11 bits per heavy atom. The predicted molar refractivity (Wildman–Crippen MR) is 80.4 cm³/mol. The number of nitrogens with zero attached hydrogens (tertiary/aromatic N) is 2. The van der Waals surface area contributed by atoms with Gasteiger partial charge in [-0.15, -0.1) is 0 Å². The molecule has 1 aliphatic carbocycles. The summed E-state index contributed by atoms with van der Waals surface area (Å²) in [5, 5.41) is 4.71. The van der Waals surface area contributed by atoms with Crippen LogP contribution in [0.2, 0.25) is 0 Å². The maximum Gasteiger partial charge on any atom is 0.0625 e. The summed E-state index contributed by atoms with van der Waals surface area (Å²) in [5.41, 5.74) is 4.22. The molecule has 0 atom stereocenters. The highest BCUT2D eigenvalue weighted by Crippen LogP contribution is 2.38. The van der Waals surface area contributed by atoms with Crippen LogP contribution in [0.5, 0.6) is 0 Å². The minimum Gasteiger partial charge on any atom is -0.269 e. The molecular formula is C15H26N2S. The summed E-state index contributed by atoms with van der Waals surface area (Å²) in [4.78, 5) is 0. The number of aryl methyl sites for hydroxylation is 1. The fraction of sp³-hybridized carbons (Fsp3) is 0.800. The predicted octanol–water partition coefficient (Wildman–Crippen LogP) is 4.08. The minimum atomic E-state index is 0.370. The molecule has 2 rings (SSSR count). The zero-order valence-electron chi connectivity index (χ0n) is 12.0. The van der Waals surface area contributed by atoms with Gasteiger partial charge in [0.15, 0.2) is 0 Å². The third-order valence-corrected chi connectivity index (χ3v) is 5.40. The molecule has 1 heterocycles. The normalized spacial score (nSPS) is 19.8. The van der Waals surface area contributed by atoms with E-state index in [1.165, 1.54) is 55.5 Å². The molecule has 0 N–H and O–H groups in total. The highest BCUT2D eigenvalue weighted by atomic mass is 32.1. The Morgan fingerprint density at radius 2 is 1.72 bits per heavy atom. The highest BCUT2D eigenvalue weighted by molar-refractivity contribution is 7.80. The van der Waals surface area contributed by atoms with E-state index in [9.17, 15) is 0 Å². The Bertz CT molecular complexity index is 401. The smallest absolute Gasteiger partial charge is 0.0625 e. The second-order valence-corrected chi connectivity index (χ2v) is 6.34. The molecule has 0 amide bonds. The van der Waals surface area contributed by atoms with E-state index in [0.29, 0.717) is 5.41 Å². The Balaban J connectivity index is 2.20. The van der Waals surface area contributed by atoms with Gasteiger partial charge >= 0.3 is 0 Å². The van der Waals surface area contributed by atoms with Gasteiger partial charge in [-0.2, -0.15) is 17.7 Å². The van der Waals surface area contributed by atoms with Gasteiger partial charge in [-0.25, -0.2) is 0 Å². The van der Waals surface area contributed by atoms with Crippen molar-refractivity contribution >= 4 is 12.6 Å². The van der Waals surface area contributed by atoms with E-state index in [2.05, 4.69) is 38.1 Å². The lowest BCUT2D eigenvalue weighted by molar-refractivity contribution is 0.228. The zero-order chi connectivity index (χ0) is 13.2. The molecule has 102 valence electrons. The quantitative estimate of drug-likeness (QED) is 0.645. The first kappa shape index (κ1) is 14.0. The molecule has 0 bridgehead atoms. The fourth-order valence-corrected chi connectivity index (χ4v) is 3.52. The molecule has 1 saturated carbocycles. The van der Waals surface area contributed by atoms with E-state index in [0.717, 1.165) is 12.3 Å². The van der Waals surface area contributed by atoms with E-state index in [-0.39, 0.29) is 0 Å². The van der Waals surface area contributed by atoms with Crippen LogP contribution in [0.3, 0.4) is 0 Å². The summed E-state index contributed by atoms with van der Waals surface area (Å²) < 4.78 is 2.23. The Hall–Kier alpha value is -0.440. The molecule has 1 fully saturated rings. The average molecular weight is 266 g/mol. The topological polar surface area (TPSA) is 17.8 Å². The third kappa shape index (κ3) is 2.76. The van der Waals surface area contributed by atoms with Gasteiger partial charge in [0.25, 0.3) is 0 Å². The molecule has 0 aromatic carbocycles. The lowest BCUT2D eigenvalue weighted by atomic mass is 9.82. The van der Waals surface area contributed by atoms with Crippen molar-refractivity contribution in [3.63, 3.8) is 0 Å². The molecule has 0 unspecified atom stereocenters. The maximum absolute atomic E-state index is 4.71. The van der Waals surface area contributed by atoms with E-state index in [1.807, 2.05) is 0 Å². The third-order valence-electron chi connectivity index (χ3n) is 4.73. The second kappa shape index (κ2) is 5.68. The first-order valence-electron chi connectivity index (χ1n) is 7.19. The van der Waals surface area contributed by atoms with Gasteiger partial charge in [0, 0.05) is 12.2 Å². The molecule has 1 aromatic rings. The van der Waals surface area contributed by atoms with Gasteiger partial charge in [-0.1, -0.05) is 25.7 Å².